The Morgan fingerprint density at radius 1 is 1.39 bits per heavy atom. The summed E-state index contributed by atoms with van der Waals surface area (Å²) in [6.07, 6.45) is 6.03. The van der Waals surface area contributed by atoms with Crippen molar-refractivity contribution >= 4 is 5.95 Å². The molecule has 0 bridgehead atoms. The third-order valence-corrected chi connectivity index (χ3v) is 2.60. The largest absolute Gasteiger partial charge is 0.354 e. The van der Waals surface area contributed by atoms with Crippen molar-refractivity contribution in [3.8, 4) is 0 Å². The molecule has 0 amide bonds. The monoisotopic (exact) mass is 249 g/mol. The lowest BCUT2D eigenvalue weighted by Crippen LogP contribution is -2.09. The van der Waals surface area contributed by atoms with E-state index in [0.717, 1.165) is 18.8 Å². The Morgan fingerprint density at radius 2 is 2.22 bits per heavy atom. The van der Waals surface area contributed by atoms with Gasteiger partial charge in [-0.05, 0) is 6.42 Å². The molecule has 0 aliphatic heterocycles. The molecule has 18 heavy (non-hydrogen) atoms. The van der Waals surface area contributed by atoms with E-state index in [4.69, 9.17) is 0 Å². The Labute approximate surface area is 105 Å². The zero-order valence-corrected chi connectivity index (χ0v) is 10.5. The molecule has 5 nitrogen and oxygen atoms in total. The highest BCUT2D eigenvalue weighted by atomic mass is 19.1. The highest BCUT2D eigenvalue weighted by molar-refractivity contribution is 5.26. The van der Waals surface area contributed by atoms with Gasteiger partial charge >= 0.3 is 0 Å². The van der Waals surface area contributed by atoms with Crippen LogP contribution < -0.4 is 5.32 Å². The van der Waals surface area contributed by atoms with Crippen LogP contribution in [-0.4, -0.2) is 26.1 Å². The molecule has 2 aromatic heterocycles. The van der Waals surface area contributed by atoms with Gasteiger partial charge in [-0.2, -0.15) is 0 Å². The van der Waals surface area contributed by atoms with Crippen LogP contribution in [0.15, 0.2) is 18.6 Å². The van der Waals surface area contributed by atoms with Crippen molar-refractivity contribution in [1.29, 1.82) is 0 Å². The first-order valence-corrected chi connectivity index (χ1v) is 5.92. The maximum Gasteiger partial charge on any atom is 0.223 e. The van der Waals surface area contributed by atoms with Gasteiger partial charge in [0.25, 0.3) is 0 Å². The van der Waals surface area contributed by atoms with E-state index in [1.54, 1.807) is 6.20 Å². The van der Waals surface area contributed by atoms with Crippen molar-refractivity contribution in [3.05, 3.63) is 35.9 Å². The molecule has 6 heteroatoms. The number of nitrogens with zero attached hydrogens (tertiary/aromatic N) is 4. The second kappa shape index (κ2) is 5.57. The molecule has 0 spiro atoms. The number of halogens is 1. The smallest absolute Gasteiger partial charge is 0.223 e. The average Bonchev–Trinajstić information content (AvgIpc) is 2.76. The summed E-state index contributed by atoms with van der Waals surface area (Å²) in [5.74, 6) is 0.830. The maximum absolute atomic E-state index is 13.6. The van der Waals surface area contributed by atoms with Gasteiger partial charge in [0.15, 0.2) is 5.82 Å². The SMILES string of the molecule is CCCNc1ncc(F)c(Cc2nccn2C)n1. The van der Waals surface area contributed by atoms with Gasteiger partial charge in [0.2, 0.25) is 5.95 Å². The van der Waals surface area contributed by atoms with Gasteiger partial charge in [0, 0.05) is 26.0 Å². The van der Waals surface area contributed by atoms with E-state index in [2.05, 4.69) is 20.3 Å². The van der Waals surface area contributed by atoms with Gasteiger partial charge < -0.3 is 9.88 Å². The van der Waals surface area contributed by atoms with Crippen LogP contribution >= 0.6 is 0 Å². The highest BCUT2D eigenvalue weighted by Crippen LogP contribution is 2.11. The molecule has 0 aliphatic rings. The fraction of sp³-hybridized carbons (Fsp3) is 0.417. The lowest BCUT2D eigenvalue weighted by Gasteiger charge is -2.06. The van der Waals surface area contributed by atoms with E-state index >= 15 is 0 Å². The van der Waals surface area contributed by atoms with Crippen LogP contribution in [0, 0.1) is 5.82 Å². The average molecular weight is 249 g/mol. The molecular formula is C12H16FN5. The number of anilines is 1. The second-order valence-electron chi connectivity index (χ2n) is 4.05. The third-order valence-electron chi connectivity index (χ3n) is 2.60. The van der Waals surface area contributed by atoms with Crippen molar-refractivity contribution in [3.63, 3.8) is 0 Å². The summed E-state index contributed by atoms with van der Waals surface area (Å²) >= 11 is 0. The zero-order chi connectivity index (χ0) is 13.0. The molecule has 2 heterocycles. The summed E-state index contributed by atoms with van der Waals surface area (Å²) in [4.78, 5) is 12.2. The van der Waals surface area contributed by atoms with Crippen LogP contribution in [0.25, 0.3) is 0 Å². The number of imidazole rings is 1. The molecule has 0 radical (unpaired) electrons. The van der Waals surface area contributed by atoms with Gasteiger partial charge in [-0.15, -0.1) is 0 Å². The summed E-state index contributed by atoms with van der Waals surface area (Å²) in [6, 6.07) is 0. The van der Waals surface area contributed by atoms with Crippen molar-refractivity contribution in [2.45, 2.75) is 19.8 Å². The summed E-state index contributed by atoms with van der Waals surface area (Å²) in [6.45, 7) is 2.82. The molecular weight excluding hydrogens is 233 g/mol. The quantitative estimate of drug-likeness (QED) is 0.877. The molecule has 0 saturated heterocycles. The molecule has 0 atom stereocenters. The summed E-state index contributed by atoms with van der Waals surface area (Å²) in [5, 5.41) is 3.04. The molecule has 0 saturated carbocycles. The van der Waals surface area contributed by atoms with E-state index in [-0.39, 0.29) is 0 Å². The van der Waals surface area contributed by atoms with E-state index in [0.29, 0.717) is 18.1 Å². The van der Waals surface area contributed by atoms with Crippen LogP contribution in [0.4, 0.5) is 10.3 Å². The van der Waals surface area contributed by atoms with Crippen LogP contribution in [0.5, 0.6) is 0 Å². The predicted octanol–water partition coefficient (Wildman–Crippen LogP) is 1.76. The lowest BCUT2D eigenvalue weighted by atomic mass is 10.3. The number of aryl methyl sites for hydroxylation is 1. The van der Waals surface area contributed by atoms with Crippen LogP contribution in [0.1, 0.15) is 24.9 Å². The van der Waals surface area contributed by atoms with Crippen LogP contribution in [-0.2, 0) is 13.5 Å². The number of aromatic nitrogens is 4. The molecule has 0 aliphatic carbocycles. The van der Waals surface area contributed by atoms with Gasteiger partial charge in [0.05, 0.1) is 18.3 Å². The van der Waals surface area contributed by atoms with E-state index in [9.17, 15) is 4.39 Å². The van der Waals surface area contributed by atoms with Crippen molar-refractivity contribution in [2.24, 2.45) is 7.05 Å². The summed E-state index contributed by atoms with van der Waals surface area (Å²) in [7, 11) is 1.87. The number of hydrogen-bond donors (Lipinski definition) is 1. The van der Waals surface area contributed by atoms with Crippen molar-refractivity contribution < 1.29 is 4.39 Å². The minimum absolute atomic E-state index is 0.359. The lowest BCUT2D eigenvalue weighted by molar-refractivity contribution is 0.592. The summed E-state index contributed by atoms with van der Waals surface area (Å²) < 4.78 is 15.5. The minimum atomic E-state index is -0.403. The van der Waals surface area contributed by atoms with Crippen LogP contribution in [0.3, 0.4) is 0 Å². The molecule has 2 aromatic rings. The first-order chi connectivity index (χ1) is 8.70. The van der Waals surface area contributed by atoms with Gasteiger partial charge in [0.1, 0.15) is 5.82 Å². The number of rotatable bonds is 5. The molecule has 0 unspecified atom stereocenters. The Morgan fingerprint density at radius 3 is 2.89 bits per heavy atom. The Kier molecular flexibility index (Phi) is 3.86. The number of hydrogen-bond acceptors (Lipinski definition) is 4. The fourth-order valence-electron chi connectivity index (χ4n) is 1.56. The van der Waals surface area contributed by atoms with E-state index < -0.39 is 5.82 Å². The Balaban J connectivity index is 2.18. The fourth-order valence-corrected chi connectivity index (χ4v) is 1.56. The second-order valence-corrected chi connectivity index (χ2v) is 4.05. The number of nitrogens with one attached hydrogen (secondary N) is 1. The van der Waals surface area contributed by atoms with Gasteiger partial charge in [-0.1, -0.05) is 6.92 Å². The summed E-state index contributed by atoms with van der Waals surface area (Å²) in [5.41, 5.74) is 0.359. The predicted molar refractivity (Wildman–Crippen MR) is 66.8 cm³/mol. The maximum atomic E-state index is 13.6. The van der Waals surface area contributed by atoms with Crippen LogP contribution in [0.2, 0.25) is 0 Å². The molecule has 2 rings (SSSR count). The van der Waals surface area contributed by atoms with Gasteiger partial charge in [-0.25, -0.2) is 19.3 Å². The molecule has 96 valence electrons. The van der Waals surface area contributed by atoms with Gasteiger partial charge in [-0.3, -0.25) is 0 Å². The zero-order valence-electron chi connectivity index (χ0n) is 10.5. The Hall–Kier alpha value is -1.98. The van der Waals surface area contributed by atoms with Crippen molar-refractivity contribution in [1.82, 2.24) is 19.5 Å². The van der Waals surface area contributed by atoms with Crippen molar-refractivity contribution in [2.75, 3.05) is 11.9 Å². The molecule has 0 fully saturated rings. The molecule has 0 aromatic carbocycles. The Bertz CT molecular complexity index is 523. The standard InChI is InChI=1S/C12H16FN5/c1-3-4-15-12-16-8-9(13)10(17-12)7-11-14-5-6-18(11)2/h5-6,8H,3-4,7H2,1-2H3,(H,15,16,17). The topological polar surface area (TPSA) is 55.6 Å². The third kappa shape index (κ3) is 2.82. The minimum Gasteiger partial charge on any atom is -0.354 e. The van der Waals surface area contributed by atoms with E-state index in [1.165, 1.54) is 6.20 Å². The molecule has 1 N–H and O–H groups in total. The van der Waals surface area contributed by atoms with E-state index in [1.807, 2.05) is 24.7 Å². The highest BCUT2D eigenvalue weighted by Gasteiger charge is 2.10. The first-order valence-electron chi connectivity index (χ1n) is 5.92. The normalized spacial score (nSPS) is 10.6. The first kappa shape index (κ1) is 12.5.